The summed E-state index contributed by atoms with van der Waals surface area (Å²) in [5, 5.41) is 3.59. The zero-order chi connectivity index (χ0) is 26.0. The average molecular weight is 542 g/mol. The van der Waals surface area contributed by atoms with E-state index in [-0.39, 0.29) is 16.7 Å². The fourth-order valence-corrected chi connectivity index (χ4v) is 7.60. The maximum atomic E-state index is 13.6. The summed E-state index contributed by atoms with van der Waals surface area (Å²) < 4.78 is 27.9. The summed E-state index contributed by atoms with van der Waals surface area (Å²) in [5.74, 6) is 0.0275. The lowest BCUT2D eigenvalue weighted by Crippen LogP contribution is -2.47. The lowest BCUT2D eigenvalue weighted by atomic mass is 9.87. The Morgan fingerprint density at radius 3 is 2.43 bits per heavy atom. The molecule has 8 nitrogen and oxygen atoms in total. The van der Waals surface area contributed by atoms with Crippen LogP contribution < -0.4 is 5.32 Å². The molecule has 1 amide bonds. The van der Waals surface area contributed by atoms with Crippen LogP contribution in [-0.2, 0) is 21.2 Å². The Morgan fingerprint density at radius 1 is 1.05 bits per heavy atom. The minimum atomic E-state index is -3.55. The van der Waals surface area contributed by atoms with Gasteiger partial charge < -0.3 is 10.2 Å². The second-order valence-electron chi connectivity index (χ2n) is 10.2. The predicted molar refractivity (Wildman–Crippen MR) is 147 cm³/mol. The molecule has 1 saturated heterocycles. The summed E-state index contributed by atoms with van der Waals surface area (Å²) in [7, 11) is -1.55. The van der Waals surface area contributed by atoms with Crippen molar-refractivity contribution in [2.24, 2.45) is 5.92 Å². The molecule has 0 bridgehead atoms. The fourth-order valence-electron chi connectivity index (χ4n) is 5.32. The first kappa shape index (κ1) is 26.2. The average Bonchev–Trinajstić information content (AvgIpc) is 3.56. The number of piperazine rings is 1. The second kappa shape index (κ2) is 11.1. The molecule has 3 aromatic rings. The van der Waals surface area contributed by atoms with E-state index in [1.807, 2.05) is 31.3 Å². The number of carbonyl (C=O) groups excluding carboxylic acids is 1. The highest BCUT2D eigenvalue weighted by molar-refractivity contribution is 7.89. The van der Waals surface area contributed by atoms with Gasteiger partial charge in [0.2, 0.25) is 15.9 Å². The number of thiazole rings is 1. The van der Waals surface area contributed by atoms with Gasteiger partial charge in [-0.1, -0.05) is 56.1 Å². The molecule has 198 valence electrons. The van der Waals surface area contributed by atoms with Gasteiger partial charge in [-0.2, -0.15) is 4.31 Å². The molecule has 37 heavy (non-hydrogen) atoms. The number of amides is 1. The normalized spacial score (nSPS) is 18.9. The van der Waals surface area contributed by atoms with Gasteiger partial charge in [0.25, 0.3) is 0 Å². The van der Waals surface area contributed by atoms with Gasteiger partial charge in [-0.3, -0.25) is 4.79 Å². The van der Waals surface area contributed by atoms with E-state index in [2.05, 4.69) is 27.1 Å². The predicted octanol–water partition coefficient (Wildman–Crippen LogP) is 4.49. The molecule has 2 aromatic heterocycles. The molecule has 2 fully saturated rings. The standard InChI is InChI=1S/C27H35N5O3S2/c1-3-21-10-13-24-26(28-21)36-27(29-24)30-25(33)23(18-19-6-4-5-7-19)20-8-11-22(12-9-20)37(34,35)32-16-14-31(2)15-17-32/h8-13,19,23H,3-7,14-18H2,1-2H3,(H,29,30,33). The molecule has 3 heterocycles. The number of pyridine rings is 1. The molecular weight excluding hydrogens is 506 g/mol. The number of hydrogen-bond donors (Lipinski definition) is 1. The van der Waals surface area contributed by atoms with Crippen molar-refractivity contribution in [2.75, 3.05) is 38.5 Å². The third kappa shape index (κ3) is 5.87. The SMILES string of the molecule is CCc1ccc2nc(NC(=O)C(CC3CCCC3)c3ccc(S(=O)(=O)N4CCN(C)CC4)cc3)sc2n1. The minimum Gasteiger partial charge on any atom is -0.304 e. The molecule has 1 aromatic carbocycles. The summed E-state index contributed by atoms with van der Waals surface area (Å²) in [6.07, 6.45) is 6.25. The van der Waals surface area contributed by atoms with Gasteiger partial charge in [0.1, 0.15) is 10.3 Å². The monoisotopic (exact) mass is 541 g/mol. The highest BCUT2D eigenvalue weighted by atomic mass is 32.2. The largest absolute Gasteiger partial charge is 0.304 e. The molecule has 10 heteroatoms. The Morgan fingerprint density at radius 2 is 1.76 bits per heavy atom. The van der Waals surface area contributed by atoms with Crippen molar-refractivity contribution >= 4 is 42.7 Å². The molecule has 0 radical (unpaired) electrons. The van der Waals surface area contributed by atoms with Crippen molar-refractivity contribution in [3.05, 3.63) is 47.7 Å². The van der Waals surface area contributed by atoms with Crippen molar-refractivity contribution in [1.29, 1.82) is 0 Å². The van der Waals surface area contributed by atoms with Crippen LogP contribution in [0.15, 0.2) is 41.3 Å². The summed E-state index contributed by atoms with van der Waals surface area (Å²) in [4.78, 5) is 26.0. The highest BCUT2D eigenvalue weighted by Crippen LogP contribution is 2.36. The summed E-state index contributed by atoms with van der Waals surface area (Å²) in [6.45, 7) is 4.49. The van der Waals surface area contributed by atoms with Crippen molar-refractivity contribution in [1.82, 2.24) is 19.2 Å². The van der Waals surface area contributed by atoms with E-state index in [0.29, 0.717) is 24.1 Å². The Labute approximate surface area is 223 Å². The number of rotatable bonds is 8. The lowest BCUT2D eigenvalue weighted by molar-refractivity contribution is -0.118. The summed E-state index contributed by atoms with van der Waals surface area (Å²) >= 11 is 1.39. The van der Waals surface area contributed by atoms with E-state index >= 15 is 0 Å². The van der Waals surface area contributed by atoms with Crippen LogP contribution in [0.5, 0.6) is 0 Å². The number of nitrogens with zero attached hydrogens (tertiary/aromatic N) is 4. The molecule has 1 unspecified atom stereocenters. The molecule has 5 rings (SSSR count). The molecule has 0 spiro atoms. The van der Waals surface area contributed by atoms with Gasteiger partial charge in [-0.25, -0.2) is 18.4 Å². The lowest BCUT2D eigenvalue weighted by Gasteiger charge is -2.31. The number of hydrogen-bond acceptors (Lipinski definition) is 7. The van der Waals surface area contributed by atoms with Crippen LogP contribution in [0.3, 0.4) is 0 Å². The molecule has 2 aliphatic rings. The van der Waals surface area contributed by atoms with Gasteiger partial charge in [-0.15, -0.1) is 0 Å². The van der Waals surface area contributed by atoms with Crippen LogP contribution in [0, 0.1) is 5.92 Å². The number of aryl methyl sites for hydroxylation is 1. The zero-order valence-electron chi connectivity index (χ0n) is 21.5. The molecule has 1 aliphatic carbocycles. The van der Waals surface area contributed by atoms with Crippen LogP contribution in [0.2, 0.25) is 0 Å². The van der Waals surface area contributed by atoms with Gasteiger partial charge in [0.05, 0.1) is 10.8 Å². The number of nitrogens with one attached hydrogen (secondary N) is 1. The molecule has 1 aliphatic heterocycles. The smallest absolute Gasteiger partial charge is 0.243 e. The molecular formula is C27H35N5O3S2. The number of fused-ring (bicyclic) bond motifs is 1. The number of aromatic nitrogens is 2. The highest BCUT2D eigenvalue weighted by Gasteiger charge is 2.30. The van der Waals surface area contributed by atoms with E-state index in [4.69, 9.17) is 0 Å². The van der Waals surface area contributed by atoms with Crippen LogP contribution >= 0.6 is 11.3 Å². The molecule has 1 atom stereocenters. The first-order valence-corrected chi connectivity index (χ1v) is 15.4. The Balaban J connectivity index is 1.36. The first-order valence-electron chi connectivity index (χ1n) is 13.2. The molecule has 1 saturated carbocycles. The first-order chi connectivity index (χ1) is 17.8. The van der Waals surface area contributed by atoms with E-state index < -0.39 is 10.0 Å². The number of benzene rings is 1. The molecule has 1 N–H and O–H groups in total. The zero-order valence-corrected chi connectivity index (χ0v) is 23.2. The number of carbonyl (C=O) groups is 1. The maximum Gasteiger partial charge on any atom is 0.243 e. The van der Waals surface area contributed by atoms with Crippen molar-refractivity contribution in [2.45, 2.75) is 56.3 Å². The van der Waals surface area contributed by atoms with Crippen LogP contribution in [0.1, 0.15) is 56.2 Å². The van der Waals surface area contributed by atoms with E-state index in [1.54, 1.807) is 16.4 Å². The van der Waals surface area contributed by atoms with Crippen molar-refractivity contribution < 1.29 is 13.2 Å². The van der Waals surface area contributed by atoms with Gasteiger partial charge in [-0.05, 0) is 55.6 Å². The maximum absolute atomic E-state index is 13.6. The third-order valence-corrected chi connectivity index (χ3v) is 10.4. The Bertz CT molecular complexity index is 1340. The minimum absolute atomic E-state index is 0.101. The number of sulfonamides is 1. The Hall–Kier alpha value is -2.40. The van der Waals surface area contributed by atoms with Gasteiger partial charge in [0, 0.05) is 31.9 Å². The topological polar surface area (TPSA) is 95.5 Å². The number of likely N-dealkylation sites (N-methyl/N-ethyl adjacent to an activating group) is 1. The quantitative estimate of drug-likeness (QED) is 0.451. The van der Waals surface area contributed by atoms with E-state index in [1.165, 1.54) is 24.2 Å². The van der Waals surface area contributed by atoms with Crippen molar-refractivity contribution in [3.8, 4) is 0 Å². The number of anilines is 1. The van der Waals surface area contributed by atoms with E-state index in [9.17, 15) is 13.2 Å². The van der Waals surface area contributed by atoms with Gasteiger partial charge in [0.15, 0.2) is 5.13 Å². The third-order valence-electron chi connectivity index (χ3n) is 7.65. The van der Waals surface area contributed by atoms with Crippen LogP contribution in [-0.4, -0.2) is 66.7 Å². The van der Waals surface area contributed by atoms with E-state index in [0.717, 1.165) is 60.4 Å². The van der Waals surface area contributed by atoms with Crippen molar-refractivity contribution in [3.63, 3.8) is 0 Å². The van der Waals surface area contributed by atoms with Gasteiger partial charge >= 0.3 is 0 Å². The van der Waals surface area contributed by atoms with Crippen LogP contribution in [0.4, 0.5) is 5.13 Å². The van der Waals surface area contributed by atoms with Crippen LogP contribution in [0.25, 0.3) is 10.3 Å². The summed E-state index contributed by atoms with van der Waals surface area (Å²) in [5.41, 5.74) is 2.62. The second-order valence-corrected chi connectivity index (χ2v) is 13.1. The fraction of sp³-hybridized carbons (Fsp3) is 0.519. The Kier molecular flexibility index (Phi) is 7.90. The summed E-state index contributed by atoms with van der Waals surface area (Å²) in [6, 6.07) is 10.9.